The molecule has 0 aliphatic rings. The van der Waals surface area contributed by atoms with Crippen molar-refractivity contribution in [2.24, 2.45) is 0 Å². The predicted octanol–water partition coefficient (Wildman–Crippen LogP) is 4.19. The molecular formula is C22H31O3-. The third kappa shape index (κ3) is 19.8. The van der Waals surface area contributed by atoms with E-state index in [0.717, 1.165) is 25.7 Å². The maximum atomic E-state index is 10.2. The Labute approximate surface area is 152 Å². The van der Waals surface area contributed by atoms with Gasteiger partial charge in [0.15, 0.2) is 0 Å². The molecule has 0 amide bonds. The van der Waals surface area contributed by atoms with Gasteiger partial charge in [0.1, 0.15) is 0 Å². The molecule has 0 spiro atoms. The lowest BCUT2D eigenvalue weighted by atomic mass is 10.2. The lowest BCUT2D eigenvalue weighted by Gasteiger charge is -1.98. The van der Waals surface area contributed by atoms with Crippen molar-refractivity contribution in [1.29, 1.82) is 0 Å². The van der Waals surface area contributed by atoms with E-state index in [9.17, 15) is 15.0 Å². The van der Waals surface area contributed by atoms with Crippen molar-refractivity contribution < 1.29 is 15.0 Å². The normalized spacial score (nSPS) is 14.3. The molecule has 25 heavy (non-hydrogen) atoms. The Morgan fingerprint density at radius 2 is 1.48 bits per heavy atom. The van der Waals surface area contributed by atoms with Gasteiger partial charge in [0.25, 0.3) is 0 Å². The molecular weight excluding hydrogens is 312 g/mol. The van der Waals surface area contributed by atoms with Crippen LogP contribution in [0, 0.1) is 0 Å². The number of carboxylic acids is 1. The van der Waals surface area contributed by atoms with Crippen LogP contribution in [0.15, 0.2) is 72.9 Å². The van der Waals surface area contributed by atoms with Gasteiger partial charge in [-0.1, -0.05) is 79.8 Å². The first-order chi connectivity index (χ1) is 12.2. The van der Waals surface area contributed by atoms with Crippen LogP contribution in [0.2, 0.25) is 0 Å². The summed E-state index contributed by atoms with van der Waals surface area (Å²) in [4.78, 5) is 10.2. The molecule has 0 fully saturated rings. The van der Waals surface area contributed by atoms with Crippen LogP contribution in [0.25, 0.3) is 0 Å². The van der Waals surface area contributed by atoms with Crippen LogP contribution < -0.4 is 5.11 Å². The minimum atomic E-state index is -1.00. The maximum Gasteiger partial charge on any atom is 0.0758 e. The minimum absolute atomic E-state index is 0.0839. The van der Waals surface area contributed by atoms with Crippen molar-refractivity contribution in [3.8, 4) is 0 Å². The van der Waals surface area contributed by atoms with Gasteiger partial charge < -0.3 is 15.0 Å². The molecule has 1 unspecified atom stereocenters. The summed E-state index contributed by atoms with van der Waals surface area (Å²) in [6.07, 6.45) is 28.4. The lowest BCUT2D eigenvalue weighted by Crippen LogP contribution is -2.21. The Bertz CT molecular complexity index is 493. The van der Waals surface area contributed by atoms with E-state index in [0.29, 0.717) is 12.8 Å². The number of carbonyl (C=O) groups is 1. The average molecular weight is 343 g/mol. The fourth-order valence-corrected chi connectivity index (χ4v) is 1.87. The number of aliphatic carboxylic acids is 1. The van der Waals surface area contributed by atoms with Gasteiger partial charge in [0.05, 0.1) is 6.10 Å². The van der Waals surface area contributed by atoms with Gasteiger partial charge in [0.2, 0.25) is 0 Å². The van der Waals surface area contributed by atoms with Gasteiger partial charge in [-0.15, -0.1) is 0 Å². The highest BCUT2D eigenvalue weighted by Gasteiger charge is 1.92. The molecule has 3 nitrogen and oxygen atoms in total. The number of carboxylic acid groups (broad SMARTS) is 1. The minimum Gasteiger partial charge on any atom is -0.550 e. The Morgan fingerprint density at radius 3 is 2.08 bits per heavy atom. The molecule has 0 aromatic rings. The quantitative estimate of drug-likeness (QED) is 0.380. The molecule has 1 N–H and O–H groups in total. The first-order valence-corrected chi connectivity index (χ1v) is 8.98. The van der Waals surface area contributed by atoms with Gasteiger partial charge in [-0.05, 0) is 44.9 Å². The van der Waals surface area contributed by atoms with Crippen LogP contribution in [0.5, 0.6) is 0 Å². The van der Waals surface area contributed by atoms with Crippen LogP contribution >= 0.6 is 0 Å². The van der Waals surface area contributed by atoms with E-state index < -0.39 is 12.1 Å². The Balaban J connectivity index is 3.66. The van der Waals surface area contributed by atoms with Gasteiger partial charge in [-0.25, -0.2) is 0 Å². The summed E-state index contributed by atoms with van der Waals surface area (Å²) in [7, 11) is 0. The van der Waals surface area contributed by atoms with E-state index in [-0.39, 0.29) is 6.42 Å². The molecule has 0 saturated heterocycles. The molecule has 0 aliphatic heterocycles. The van der Waals surface area contributed by atoms with E-state index in [1.54, 1.807) is 6.08 Å². The number of hydrogen-bond acceptors (Lipinski definition) is 3. The number of rotatable bonds is 14. The van der Waals surface area contributed by atoms with Crippen LogP contribution in [0.3, 0.4) is 0 Å². The third-order valence-electron chi connectivity index (χ3n) is 3.19. The molecule has 0 bridgehead atoms. The lowest BCUT2D eigenvalue weighted by molar-refractivity contribution is -0.305. The zero-order valence-corrected chi connectivity index (χ0v) is 15.2. The molecule has 0 heterocycles. The summed E-state index contributed by atoms with van der Waals surface area (Å²) in [5, 5.41) is 19.9. The van der Waals surface area contributed by atoms with Crippen LogP contribution in [-0.4, -0.2) is 17.2 Å². The zero-order valence-electron chi connectivity index (χ0n) is 15.2. The van der Waals surface area contributed by atoms with E-state index in [4.69, 9.17) is 0 Å². The first-order valence-electron chi connectivity index (χ1n) is 8.98. The van der Waals surface area contributed by atoms with Crippen molar-refractivity contribution in [3.05, 3.63) is 72.9 Å². The highest BCUT2D eigenvalue weighted by molar-refractivity contribution is 5.64. The Kier molecular flexibility index (Phi) is 16.7. The predicted molar refractivity (Wildman–Crippen MR) is 104 cm³/mol. The summed E-state index contributed by atoms with van der Waals surface area (Å²) >= 11 is 0. The second-order valence-electron chi connectivity index (χ2n) is 5.53. The van der Waals surface area contributed by atoms with E-state index >= 15 is 0 Å². The Hall–Kier alpha value is -2.13. The monoisotopic (exact) mass is 343 g/mol. The van der Waals surface area contributed by atoms with Crippen LogP contribution in [0.4, 0.5) is 0 Å². The standard InChI is InChI=1S/C22H32O3/c1-2-3-15-18-21(23)19-16-13-11-9-7-5-4-6-8-10-12-14-17-20-22(24)25/h3,5-8,11-16,19,21,23H,2,4,9-10,17-18,20H2,1H3,(H,24,25)/p-1/b7-5-,8-6-,13-11-,14-12-,15-3-,19-16+. The molecule has 0 aliphatic carbocycles. The van der Waals surface area contributed by atoms with Crippen molar-refractivity contribution in [1.82, 2.24) is 0 Å². The Morgan fingerprint density at radius 1 is 0.880 bits per heavy atom. The van der Waals surface area contributed by atoms with Crippen molar-refractivity contribution in [2.45, 2.75) is 58.0 Å². The largest absolute Gasteiger partial charge is 0.550 e. The topological polar surface area (TPSA) is 60.4 Å². The SMILES string of the molecule is CC/C=C\CC(O)/C=C/C=C\C/C=C\C/C=C\C/C=C\CCC(=O)[O-]. The van der Waals surface area contributed by atoms with E-state index in [1.807, 2.05) is 36.5 Å². The molecule has 0 rings (SSSR count). The summed E-state index contributed by atoms with van der Waals surface area (Å²) in [6, 6.07) is 0. The number of allylic oxidation sites excluding steroid dienone is 10. The fourth-order valence-electron chi connectivity index (χ4n) is 1.87. The van der Waals surface area contributed by atoms with E-state index in [2.05, 4.69) is 37.3 Å². The summed E-state index contributed by atoms with van der Waals surface area (Å²) < 4.78 is 0. The molecule has 0 radical (unpaired) electrons. The van der Waals surface area contributed by atoms with E-state index in [1.165, 1.54) is 0 Å². The highest BCUT2D eigenvalue weighted by Crippen LogP contribution is 1.98. The smallest absolute Gasteiger partial charge is 0.0758 e. The van der Waals surface area contributed by atoms with Gasteiger partial charge in [-0.3, -0.25) is 0 Å². The summed E-state index contributed by atoms with van der Waals surface area (Å²) in [5.41, 5.74) is 0. The number of hydrogen-bond donors (Lipinski definition) is 1. The number of aliphatic hydroxyl groups excluding tert-OH is 1. The molecule has 0 aromatic carbocycles. The van der Waals surface area contributed by atoms with Gasteiger partial charge in [0, 0.05) is 5.97 Å². The molecule has 0 saturated carbocycles. The highest BCUT2D eigenvalue weighted by atomic mass is 16.4. The van der Waals surface area contributed by atoms with Gasteiger partial charge in [-0.2, -0.15) is 0 Å². The number of carbonyl (C=O) groups excluding carboxylic acids is 1. The van der Waals surface area contributed by atoms with Crippen molar-refractivity contribution in [3.63, 3.8) is 0 Å². The van der Waals surface area contributed by atoms with Crippen molar-refractivity contribution >= 4 is 5.97 Å². The molecule has 3 heteroatoms. The second kappa shape index (κ2) is 18.2. The average Bonchev–Trinajstić information content (AvgIpc) is 2.58. The molecule has 0 aromatic heterocycles. The van der Waals surface area contributed by atoms with Crippen molar-refractivity contribution in [2.75, 3.05) is 0 Å². The number of aliphatic hydroxyl groups is 1. The maximum absolute atomic E-state index is 10.2. The first kappa shape index (κ1) is 22.9. The summed E-state index contributed by atoms with van der Waals surface area (Å²) in [5.74, 6) is -1.00. The molecule has 1 atom stereocenters. The summed E-state index contributed by atoms with van der Waals surface area (Å²) in [6.45, 7) is 2.07. The zero-order chi connectivity index (χ0) is 18.6. The molecule has 138 valence electrons. The second-order valence-corrected chi connectivity index (χ2v) is 5.53. The fraction of sp³-hybridized carbons (Fsp3) is 0.409. The van der Waals surface area contributed by atoms with Gasteiger partial charge >= 0.3 is 0 Å². The van der Waals surface area contributed by atoms with Crippen LogP contribution in [0.1, 0.15) is 51.9 Å². The van der Waals surface area contributed by atoms with Crippen LogP contribution in [-0.2, 0) is 4.79 Å². The third-order valence-corrected chi connectivity index (χ3v) is 3.19.